The Morgan fingerprint density at radius 2 is 1.76 bits per heavy atom. The quantitative estimate of drug-likeness (QED) is 0.249. The van der Waals surface area contributed by atoms with E-state index in [1.54, 1.807) is 12.4 Å². The van der Waals surface area contributed by atoms with Crippen molar-refractivity contribution in [3.8, 4) is 0 Å². The van der Waals surface area contributed by atoms with Gasteiger partial charge in [0.1, 0.15) is 29.7 Å². The molecule has 8 nitrogen and oxygen atoms in total. The second-order valence-electron chi connectivity index (χ2n) is 10.2. The number of rotatable bonds is 8. The average Bonchev–Trinajstić information content (AvgIpc) is 3.49. The van der Waals surface area contributed by atoms with E-state index in [0.29, 0.717) is 12.2 Å². The molecule has 6 rings (SSSR count). The van der Waals surface area contributed by atoms with Gasteiger partial charge in [0.15, 0.2) is 0 Å². The molecule has 5 aromatic rings. The summed E-state index contributed by atoms with van der Waals surface area (Å²) in [5.41, 5.74) is 9.90. The van der Waals surface area contributed by atoms with Crippen LogP contribution in [0.3, 0.4) is 0 Å². The van der Waals surface area contributed by atoms with Crippen molar-refractivity contribution in [1.82, 2.24) is 19.5 Å². The van der Waals surface area contributed by atoms with Crippen LogP contribution in [0, 0.1) is 5.92 Å². The molecule has 0 spiro atoms. The molecule has 0 unspecified atom stereocenters. The SMILES string of the molecule is Nc1ccc2ccc(CC[C@H]3C[C@@H](n4ccc5c(NCCc6ccccc6)ncnc54)[C@H](O)[C@@H]3O)cc2n1. The molecular weight excluding hydrogens is 476 g/mol. The Balaban J connectivity index is 1.14. The normalized spacial score (nSPS) is 21.3. The average molecular weight is 509 g/mol. The Labute approximate surface area is 221 Å². The predicted molar refractivity (Wildman–Crippen MR) is 150 cm³/mol. The van der Waals surface area contributed by atoms with Gasteiger partial charge in [0, 0.05) is 18.1 Å². The smallest absolute Gasteiger partial charge is 0.145 e. The number of nitrogen functional groups attached to an aromatic ring is 1. The van der Waals surface area contributed by atoms with Crippen molar-refractivity contribution in [2.75, 3.05) is 17.6 Å². The highest BCUT2D eigenvalue weighted by Gasteiger charge is 2.42. The lowest BCUT2D eigenvalue weighted by Gasteiger charge is -2.19. The molecule has 1 saturated carbocycles. The molecule has 2 aromatic carbocycles. The first-order valence-electron chi connectivity index (χ1n) is 13.2. The minimum atomic E-state index is -0.863. The molecule has 3 heterocycles. The maximum Gasteiger partial charge on any atom is 0.145 e. The molecule has 5 N–H and O–H groups in total. The second-order valence-corrected chi connectivity index (χ2v) is 10.2. The fraction of sp³-hybridized carbons (Fsp3) is 0.300. The number of nitrogens with zero attached hydrogens (tertiary/aromatic N) is 4. The minimum Gasteiger partial charge on any atom is -0.390 e. The topological polar surface area (TPSA) is 122 Å². The monoisotopic (exact) mass is 508 g/mol. The third kappa shape index (κ3) is 4.80. The van der Waals surface area contributed by atoms with Gasteiger partial charge in [0.05, 0.1) is 23.0 Å². The van der Waals surface area contributed by atoms with Crippen LogP contribution in [-0.4, -0.2) is 48.5 Å². The Kier molecular flexibility index (Phi) is 6.66. The van der Waals surface area contributed by atoms with Gasteiger partial charge in [-0.05, 0) is 67.0 Å². The van der Waals surface area contributed by atoms with Gasteiger partial charge in [-0.25, -0.2) is 15.0 Å². The summed E-state index contributed by atoms with van der Waals surface area (Å²) in [5, 5.41) is 27.3. The van der Waals surface area contributed by atoms with Crippen LogP contribution in [0.5, 0.6) is 0 Å². The van der Waals surface area contributed by atoms with Gasteiger partial charge in [0.25, 0.3) is 0 Å². The van der Waals surface area contributed by atoms with E-state index >= 15 is 0 Å². The maximum atomic E-state index is 11.0. The molecule has 3 aromatic heterocycles. The Hall–Kier alpha value is -4.01. The largest absolute Gasteiger partial charge is 0.390 e. The molecule has 0 amide bonds. The van der Waals surface area contributed by atoms with Crippen molar-refractivity contribution in [3.05, 3.63) is 90.4 Å². The lowest BCUT2D eigenvalue weighted by Crippen LogP contribution is -2.29. The number of hydrogen-bond donors (Lipinski definition) is 4. The Bertz CT molecular complexity index is 1550. The number of aromatic nitrogens is 4. The number of fused-ring (bicyclic) bond motifs is 2. The van der Waals surface area contributed by atoms with E-state index in [9.17, 15) is 10.2 Å². The second kappa shape index (κ2) is 10.4. The van der Waals surface area contributed by atoms with E-state index in [1.165, 1.54) is 5.56 Å². The summed E-state index contributed by atoms with van der Waals surface area (Å²) in [6.07, 6.45) is 4.97. The van der Waals surface area contributed by atoms with Crippen LogP contribution in [-0.2, 0) is 12.8 Å². The van der Waals surface area contributed by atoms with Crippen LogP contribution in [0.15, 0.2) is 79.3 Å². The highest BCUT2D eigenvalue weighted by molar-refractivity contribution is 5.87. The van der Waals surface area contributed by atoms with Gasteiger partial charge in [-0.3, -0.25) is 0 Å². The summed E-state index contributed by atoms with van der Waals surface area (Å²) in [6, 6.07) is 22.1. The third-order valence-electron chi connectivity index (χ3n) is 7.77. The zero-order valence-corrected chi connectivity index (χ0v) is 21.1. The van der Waals surface area contributed by atoms with Gasteiger partial charge in [-0.2, -0.15) is 0 Å². The summed E-state index contributed by atoms with van der Waals surface area (Å²) >= 11 is 0. The third-order valence-corrected chi connectivity index (χ3v) is 7.77. The van der Waals surface area contributed by atoms with Crippen molar-refractivity contribution in [1.29, 1.82) is 0 Å². The molecule has 4 atom stereocenters. The van der Waals surface area contributed by atoms with Crippen LogP contribution in [0.25, 0.3) is 21.9 Å². The van der Waals surface area contributed by atoms with Gasteiger partial charge in [0.2, 0.25) is 0 Å². The molecule has 0 saturated heterocycles. The van der Waals surface area contributed by atoms with Crippen molar-refractivity contribution in [2.24, 2.45) is 5.92 Å². The number of aliphatic hydroxyl groups is 2. The lowest BCUT2D eigenvalue weighted by atomic mass is 9.95. The molecule has 0 bridgehead atoms. The highest BCUT2D eigenvalue weighted by atomic mass is 16.3. The van der Waals surface area contributed by atoms with Gasteiger partial charge >= 0.3 is 0 Å². The number of anilines is 2. The van der Waals surface area contributed by atoms with E-state index in [2.05, 4.69) is 50.6 Å². The van der Waals surface area contributed by atoms with Crippen molar-refractivity contribution < 1.29 is 10.2 Å². The molecular formula is C30H32N6O2. The fourth-order valence-electron chi connectivity index (χ4n) is 5.70. The molecule has 1 aliphatic rings. The number of pyridine rings is 1. The van der Waals surface area contributed by atoms with E-state index < -0.39 is 12.2 Å². The molecule has 1 fully saturated rings. The van der Waals surface area contributed by atoms with Crippen molar-refractivity contribution in [3.63, 3.8) is 0 Å². The van der Waals surface area contributed by atoms with E-state index in [1.807, 2.05) is 41.1 Å². The van der Waals surface area contributed by atoms with E-state index in [-0.39, 0.29) is 12.0 Å². The molecule has 0 aliphatic heterocycles. The first-order valence-corrected chi connectivity index (χ1v) is 13.2. The predicted octanol–water partition coefficient (Wildman–Crippen LogP) is 4.13. The summed E-state index contributed by atoms with van der Waals surface area (Å²) < 4.78 is 2.00. The number of hydrogen-bond acceptors (Lipinski definition) is 7. The number of aryl methyl sites for hydroxylation is 1. The van der Waals surface area contributed by atoms with Crippen LogP contribution >= 0.6 is 0 Å². The number of nitrogens with two attached hydrogens (primary N) is 1. The lowest BCUT2D eigenvalue weighted by molar-refractivity contribution is 0.00545. The van der Waals surface area contributed by atoms with Gasteiger partial charge in [-0.15, -0.1) is 0 Å². The van der Waals surface area contributed by atoms with Crippen molar-refractivity contribution in [2.45, 2.75) is 43.9 Å². The van der Waals surface area contributed by atoms with Crippen LogP contribution in [0.1, 0.15) is 30.0 Å². The maximum absolute atomic E-state index is 11.0. The van der Waals surface area contributed by atoms with Crippen molar-refractivity contribution >= 4 is 33.6 Å². The first kappa shape index (κ1) is 24.3. The molecule has 194 valence electrons. The summed E-state index contributed by atoms with van der Waals surface area (Å²) in [7, 11) is 0. The van der Waals surface area contributed by atoms with Crippen LogP contribution < -0.4 is 11.1 Å². The Morgan fingerprint density at radius 3 is 2.63 bits per heavy atom. The first-order chi connectivity index (χ1) is 18.6. The standard InChI is InChI=1S/C30H32N6O2/c31-26-11-10-21-8-6-20(16-24(21)35-26)7-9-22-17-25(28(38)27(22)37)36-15-13-23-29(33-18-34-30(23)36)32-14-12-19-4-2-1-3-5-19/h1-6,8,10-11,13,15-16,18,22,25,27-28,37-38H,7,9,12,14,17H2,(H2,31,35)(H,32,33,34)/t22-,25+,27+,28-/m0/s1. The van der Waals surface area contributed by atoms with Crippen LogP contribution in [0.2, 0.25) is 0 Å². The number of nitrogens with one attached hydrogen (secondary N) is 1. The summed E-state index contributed by atoms with van der Waals surface area (Å²) in [4.78, 5) is 13.4. The zero-order valence-electron chi connectivity index (χ0n) is 21.1. The highest BCUT2D eigenvalue weighted by Crippen LogP contribution is 2.40. The van der Waals surface area contributed by atoms with E-state index in [4.69, 9.17) is 5.73 Å². The molecule has 1 aliphatic carbocycles. The molecule has 38 heavy (non-hydrogen) atoms. The Morgan fingerprint density at radius 1 is 0.921 bits per heavy atom. The fourth-order valence-corrected chi connectivity index (χ4v) is 5.70. The zero-order chi connectivity index (χ0) is 26.1. The minimum absolute atomic E-state index is 0.0257. The van der Waals surface area contributed by atoms with Crippen LogP contribution in [0.4, 0.5) is 11.6 Å². The van der Waals surface area contributed by atoms with E-state index in [0.717, 1.165) is 59.1 Å². The molecule has 8 heteroatoms. The molecule has 0 radical (unpaired) electrons. The number of benzene rings is 2. The van der Waals surface area contributed by atoms with Gasteiger partial charge in [-0.1, -0.05) is 42.5 Å². The number of aliphatic hydroxyl groups excluding tert-OH is 2. The summed E-state index contributed by atoms with van der Waals surface area (Å²) in [5.74, 6) is 1.26. The summed E-state index contributed by atoms with van der Waals surface area (Å²) in [6.45, 7) is 0.755. The van der Waals surface area contributed by atoms with Gasteiger partial charge < -0.3 is 25.8 Å².